The third kappa shape index (κ3) is 4.03. The Labute approximate surface area is 181 Å². The number of amides is 1. The molecule has 3 aromatic carbocycles. The fraction of sp³-hybridized carbons (Fsp3) is 0.240. The molecule has 154 valence electrons. The van der Waals surface area contributed by atoms with Crippen LogP contribution in [0, 0.1) is 0 Å². The minimum Gasteiger partial charge on any atom is -0.497 e. The van der Waals surface area contributed by atoms with Crippen LogP contribution in [0.5, 0.6) is 11.5 Å². The smallest absolute Gasteiger partial charge is 0.235 e. The summed E-state index contributed by atoms with van der Waals surface area (Å²) in [6.07, 6.45) is 0. The van der Waals surface area contributed by atoms with Gasteiger partial charge in [-0.2, -0.15) is 0 Å². The molecule has 0 aromatic heterocycles. The van der Waals surface area contributed by atoms with Gasteiger partial charge in [0.15, 0.2) is 0 Å². The highest BCUT2D eigenvalue weighted by Gasteiger charge is 2.37. The molecule has 1 amide bonds. The monoisotopic (exact) mass is 419 g/mol. The molecule has 0 aliphatic carbocycles. The average molecular weight is 420 g/mol. The van der Waals surface area contributed by atoms with Crippen molar-refractivity contribution in [1.82, 2.24) is 4.90 Å². The molecule has 30 heavy (non-hydrogen) atoms. The first-order chi connectivity index (χ1) is 14.7. The number of hydrogen-bond acceptors (Lipinski definition) is 4. The normalized spacial score (nSPS) is 16.0. The Morgan fingerprint density at radius 3 is 2.13 bits per heavy atom. The topological polar surface area (TPSA) is 38.8 Å². The van der Waals surface area contributed by atoms with E-state index in [1.807, 2.05) is 83.8 Å². The first-order valence-electron chi connectivity index (χ1n) is 9.97. The zero-order valence-electron chi connectivity index (χ0n) is 17.2. The Morgan fingerprint density at radius 2 is 1.57 bits per heavy atom. The SMILES string of the molecule is COc1ccc([C@@H]2SCCN2C(=O)C(c2ccccc2)c2ccccc2)c(OC)c1. The lowest BCUT2D eigenvalue weighted by Crippen LogP contribution is -2.35. The quantitative estimate of drug-likeness (QED) is 0.557. The highest BCUT2D eigenvalue weighted by Crippen LogP contribution is 2.44. The molecule has 1 aliphatic heterocycles. The van der Waals surface area contributed by atoms with Gasteiger partial charge in [-0.3, -0.25) is 4.79 Å². The van der Waals surface area contributed by atoms with Gasteiger partial charge in [-0.15, -0.1) is 11.8 Å². The number of ether oxygens (including phenoxy) is 2. The Bertz CT molecular complexity index is 954. The molecule has 1 saturated heterocycles. The van der Waals surface area contributed by atoms with E-state index in [9.17, 15) is 4.79 Å². The number of nitrogens with zero attached hydrogens (tertiary/aromatic N) is 1. The lowest BCUT2D eigenvalue weighted by molar-refractivity contribution is -0.132. The molecule has 0 N–H and O–H groups in total. The van der Waals surface area contributed by atoms with Gasteiger partial charge in [0.05, 0.1) is 20.1 Å². The van der Waals surface area contributed by atoms with E-state index in [1.165, 1.54) is 0 Å². The number of thioether (sulfide) groups is 1. The van der Waals surface area contributed by atoms with E-state index in [0.29, 0.717) is 6.54 Å². The molecule has 5 heteroatoms. The van der Waals surface area contributed by atoms with E-state index in [2.05, 4.69) is 0 Å². The Kier molecular flexibility index (Phi) is 6.29. The number of benzene rings is 3. The summed E-state index contributed by atoms with van der Waals surface area (Å²) in [5.74, 6) is 2.14. The first kappa shape index (κ1) is 20.4. The molecule has 1 aliphatic rings. The van der Waals surface area contributed by atoms with Crippen LogP contribution in [0.3, 0.4) is 0 Å². The van der Waals surface area contributed by atoms with Crippen LogP contribution in [0.4, 0.5) is 0 Å². The zero-order valence-corrected chi connectivity index (χ0v) is 18.0. The van der Waals surface area contributed by atoms with Crippen molar-refractivity contribution in [3.63, 3.8) is 0 Å². The summed E-state index contributed by atoms with van der Waals surface area (Å²) in [4.78, 5) is 15.9. The van der Waals surface area contributed by atoms with E-state index in [0.717, 1.165) is 33.9 Å². The van der Waals surface area contributed by atoms with Gasteiger partial charge in [-0.1, -0.05) is 60.7 Å². The fourth-order valence-corrected chi connectivity index (χ4v) is 5.20. The van der Waals surface area contributed by atoms with Gasteiger partial charge in [0, 0.05) is 23.9 Å². The van der Waals surface area contributed by atoms with Crippen LogP contribution in [-0.2, 0) is 4.79 Å². The molecule has 0 bridgehead atoms. The number of methoxy groups -OCH3 is 2. The van der Waals surface area contributed by atoms with Crippen LogP contribution in [0.25, 0.3) is 0 Å². The summed E-state index contributed by atoms with van der Waals surface area (Å²) in [6, 6.07) is 25.8. The minimum atomic E-state index is -0.335. The number of hydrogen-bond donors (Lipinski definition) is 0. The molecular weight excluding hydrogens is 394 g/mol. The van der Waals surface area contributed by atoms with E-state index >= 15 is 0 Å². The van der Waals surface area contributed by atoms with Crippen LogP contribution in [-0.4, -0.2) is 37.3 Å². The highest BCUT2D eigenvalue weighted by atomic mass is 32.2. The van der Waals surface area contributed by atoms with E-state index in [4.69, 9.17) is 9.47 Å². The molecule has 3 aromatic rings. The van der Waals surface area contributed by atoms with Gasteiger partial charge in [-0.05, 0) is 23.3 Å². The molecule has 0 saturated carbocycles. The summed E-state index contributed by atoms with van der Waals surface area (Å²) in [7, 11) is 3.29. The standard InChI is InChI=1S/C25H25NO3S/c1-28-20-13-14-21(22(17-20)29-2)25-26(15-16-30-25)24(27)23(18-9-5-3-6-10-18)19-11-7-4-8-12-19/h3-14,17,23,25H,15-16H2,1-2H3/t25-/m0/s1. The maximum absolute atomic E-state index is 13.9. The van der Waals surface area contributed by atoms with Gasteiger partial charge in [-0.25, -0.2) is 0 Å². The van der Waals surface area contributed by atoms with Crippen molar-refractivity contribution in [3.8, 4) is 11.5 Å². The molecule has 0 radical (unpaired) electrons. The molecule has 4 nitrogen and oxygen atoms in total. The number of rotatable bonds is 6. The second-order valence-corrected chi connectivity index (χ2v) is 8.31. The van der Waals surface area contributed by atoms with Crippen LogP contribution in [0.2, 0.25) is 0 Å². The van der Waals surface area contributed by atoms with Gasteiger partial charge < -0.3 is 14.4 Å². The largest absolute Gasteiger partial charge is 0.497 e. The fourth-order valence-electron chi connectivity index (χ4n) is 3.91. The lowest BCUT2D eigenvalue weighted by Gasteiger charge is -2.30. The van der Waals surface area contributed by atoms with Crippen LogP contribution >= 0.6 is 11.8 Å². The Hall–Kier alpha value is -2.92. The van der Waals surface area contributed by atoms with Crippen LogP contribution in [0.15, 0.2) is 78.9 Å². The van der Waals surface area contributed by atoms with Gasteiger partial charge in [0.2, 0.25) is 5.91 Å². The maximum atomic E-state index is 13.9. The predicted molar refractivity (Wildman–Crippen MR) is 121 cm³/mol. The number of carbonyl (C=O) groups is 1. The van der Waals surface area contributed by atoms with E-state index in [-0.39, 0.29) is 17.2 Å². The van der Waals surface area contributed by atoms with Crippen molar-refractivity contribution in [2.24, 2.45) is 0 Å². The molecule has 4 rings (SSSR count). The van der Waals surface area contributed by atoms with Crippen molar-refractivity contribution in [2.45, 2.75) is 11.3 Å². The molecular formula is C25H25NO3S. The average Bonchev–Trinajstić information content (AvgIpc) is 3.30. The Balaban J connectivity index is 1.71. The molecule has 1 heterocycles. The van der Waals surface area contributed by atoms with Gasteiger partial charge in [0.1, 0.15) is 16.9 Å². The van der Waals surface area contributed by atoms with Gasteiger partial charge >= 0.3 is 0 Å². The molecule has 1 atom stereocenters. The number of carbonyl (C=O) groups excluding carboxylic acids is 1. The minimum absolute atomic E-state index is 0.0896. The predicted octanol–water partition coefficient (Wildman–Crippen LogP) is 5.11. The van der Waals surface area contributed by atoms with Crippen molar-refractivity contribution < 1.29 is 14.3 Å². The zero-order chi connectivity index (χ0) is 20.9. The molecule has 0 spiro atoms. The van der Waals surface area contributed by atoms with E-state index in [1.54, 1.807) is 26.0 Å². The van der Waals surface area contributed by atoms with Crippen LogP contribution < -0.4 is 9.47 Å². The summed E-state index contributed by atoms with van der Waals surface area (Å²) in [5.41, 5.74) is 3.01. The summed E-state index contributed by atoms with van der Waals surface area (Å²) in [6.45, 7) is 0.708. The summed E-state index contributed by atoms with van der Waals surface area (Å²) in [5, 5.41) is -0.0896. The Morgan fingerprint density at radius 1 is 0.933 bits per heavy atom. The lowest BCUT2D eigenvalue weighted by atomic mass is 9.90. The first-order valence-corrected chi connectivity index (χ1v) is 11.0. The molecule has 1 fully saturated rings. The highest BCUT2D eigenvalue weighted by molar-refractivity contribution is 7.99. The van der Waals surface area contributed by atoms with Crippen molar-refractivity contribution in [1.29, 1.82) is 0 Å². The second kappa shape index (κ2) is 9.26. The third-order valence-corrected chi connectivity index (χ3v) is 6.64. The van der Waals surface area contributed by atoms with Gasteiger partial charge in [0.25, 0.3) is 0 Å². The maximum Gasteiger partial charge on any atom is 0.235 e. The molecule has 0 unspecified atom stereocenters. The van der Waals surface area contributed by atoms with Crippen molar-refractivity contribution in [2.75, 3.05) is 26.5 Å². The third-order valence-electron chi connectivity index (χ3n) is 5.39. The van der Waals surface area contributed by atoms with Crippen molar-refractivity contribution in [3.05, 3.63) is 95.6 Å². The van der Waals surface area contributed by atoms with E-state index < -0.39 is 0 Å². The summed E-state index contributed by atoms with van der Waals surface area (Å²) < 4.78 is 11.0. The van der Waals surface area contributed by atoms with Crippen molar-refractivity contribution >= 4 is 17.7 Å². The summed E-state index contributed by atoms with van der Waals surface area (Å²) >= 11 is 1.77. The second-order valence-electron chi connectivity index (χ2n) is 7.12. The van der Waals surface area contributed by atoms with Crippen LogP contribution in [0.1, 0.15) is 28.0 Å².